The van der Waals surface area contributed by atoms with Crippen LogP contribution in [-0.2, 0) is 6.42 Å². The normalized spacial score (nSPS) is 25.9. The van der Waals surface area contributed by atoms with Crippen LogP contribution in [0.1, 0.15) is 25.6 Å². The number of nitrogens with one attached hydrogen (secondary N) is 1. The lowest BCUT2D eigenvalue weighted by molar-refractivity contribution is 0.280. The minimum absolute atomic E-state index is 0.433. The minimum atomic E-state index is 0.433. The summed E-state index contributed by atoms with van der Waals surface area (Å²) in [5.74, 6) is 1.67. The molecule has 1 aromatic heterocycles. The maximum atomic E-state index is 5.71. The molecule has 3 N–H and O–H groups in total. The first-order valence-corrected chi connectivity index (χ1v) is 5.87. The Morgan fingerprint density at radius 1 is 1.57 bits per heavy atom. The molecule has 0 aliphatic heterocycles. The van der Waals surface area contributed by atoms with E-state index >= 15 is 0 Å². The highest BCUT2D eigenvalue weighted by atomic mass is 32.1. The Morgan fingerprint density at radius 3 is 2.93 bits per heavy atom. The van der Waals surface area contributed by atoms with Crippen molar-refractivity contribution in [3.05, 3.63) is 5.82 Å². The van der Waals surface area contributed by atoms with Gasteiger partial charge in [0, 0.05) is 30.5 Å². The molecule has 0 atom stereocenters. The first kappa shape index (κ1) is 9.86. The molecule has 0 aromatic carbocycles. The van der Waals surface area contributed by atoms with Crippen LogP contribution < -0.4 is 11.1 Å². The molecule has 1 heterocycles. The van der Waals surface area contributed by atoms with Gasteiger partial charge in [0.05, 0.1) is 0 Å². The summed E-state index contributed by atoms with van der Waals surface area (Å²) in [6, 6.07) is 0.433. The van der Waals surface area contributed by atoms with E-state index in [1.165, 1.54) is 11.5 Å². The molecular weight excluding hydrogens is 196 g/mol. The molecule has 4 nitrogen and oxygen atoms in total. The Hall–Kier alpha value is -0.680. The van der Waals surface area contributed by atoms with Gasteiger partial charge in [0.15, 0.2) is 0 Å². The summed E-state index contributed by atoms with van der Waals surface area (Å²) in [6.07, 6.45) is 3.20. The Bertz CT molecular complexity index is 293. The number of nitrogens with zero attached hydrogens (tertiary/aromatic N) is 2. The molecular formula is C9H16N4S. The third-order valence-corrected chi connectivity index (χ3v) is 3.31. The molecule has 0 amide bonds. The van der Waals surface area contributed by atoms with Crippen LogP contribution >= 0.6 is 11.5 Å². The SMILES string of the molecule is CCc1nsc(NCC2CC(N)C2)n1. The van der Waals surface area contributed by atoms with Gasteiger partial charge in [-0.1, -0.05) is 6.92 Å². The third-order valence-electron chi connectivity index (χ3n) is 2.60. The molecule has 1 aliphatic rings. The van der Waals surface area contributed by atoms with Gasteiger partial charge in [0.2, 0.25) is 5.13 Å². The van der Waals surface area contributed by atoms with Gasteiger partial charge < -0.3 is 11.1 Å². The van der Waals surface area contributed by atoms with E-state index in [4.69, 9.17) is 5.73 Å². The summed E-state index contributed by atoms with van der Waals surface area (Å²) in [6.45, 7) is 3.06. The first-order chi connectivity index (χ1) is 6.78. The molecule has 14 heavy (non-hydrogen) atoms. The summed E-state index contributed by atoms with van der Waals surface area (Å²) in [5, 5.41) is 4.26. The zero-order valence-corrected chi connectivity index (χ0v) is 9.18. The second-order valence-electron chi connectivity index (χ2n) is 3.85. The zero-order chi connectivity index (χ0) is 9.97. The average molecular weight is 212 g/mol. The number of aromatic nitrogens is 2. The Kier molecular flexibility index (Phi) is 2.98. The van der Waals surface area contributed by atoms with Gasteiger partial charge in [-0.05, 0) is 18.8 Å². The lowest BCUT2D eigenvalue weighted by Gasteiger charge is -2.32. The van der Waals surface area contributed by atoms with Crippen LogP contribution in [0.2, 0.25) is 0 Å². The standard InChI is InChI=1S/C9H16N4S/c1-2-8-12-9(14-13-8)11-5-6-3-7(10)4-6/h6-7H,2-5,10H2,1H3,(H,11,12,13). The molecule has 0 saturated heterocycles. The van der Waals surface area contributed by atoms with Crippen molar-refractivity contribution in [2.75, 3.05) is 11.9 Å². The van der Waals surface area contributed by atoms with E-state index in [-0.39, 0.29) is 0 Å². The lowest BCUT2D eigenvalue weighted by atomic mass is 9.81. The summed E-state index contributed by atoms with van der Waals surface area (Å²) in [7, 11) is 0. The Morgan fingerprint density at radius 2 is 2.36 bits per heavy atom. The maximum Gasteiger partial charge on any atom is 0.202 e. The molecule has 0 unspecified atom stereocenters. The third kappa shape index (κ3) is 2.22. The van der Waals surface area contributed by atoms with E-state index in [0.29, 0.717) is 6.04 Å². The van der Waals surface area contributed by atoms with Crippen LogP contribution in [0.4, 0.5) is 5.13 Å². The second kappa shape index (κ2) is 4.23. The van der Waals surface area contributed by atoms with Crippen LogP contribution in [0.15, 0.2) is 0 Å². The van der Waals surface area contributed by atoms with Crippen molar-refractivity contribution in [3.63, 3.8) is 0 Å². The highest BCUT2D eigenvalue weighted by Crippen LogP contribution is 2.25. The molecule has 0 radical (unpaired) electrons. The van der Waals surface area contributed by atoms with Crippen LogP contribution in [0.25, 0.3) is 0 Å². The van der Waals surface area contributed by atoms with Crippen molar-refractivity contribution in [3.8, 4) is 0 Å². The van der Waals surface area contributed by atoms with Gasteiger partial charge in [-0.15, -0.1) is 0 Å². The van der Waals surface area contributed by atoms with E-state index < -0.39 is 0 Å². The van der Waals surface area contributed by atoms with Gasteiger partial charge in [-0.2, -0.15) is 4.37 Å². The second-order valence-corrected chi connectivity index (χ2v) is 4.60. The van der Waals surface area contributed by atoms with Gasteiger partial charge in [-0.25, -0.2) is 4.98 Å². The maximum absolute atomic E-state index is 5.71. The summed E-state index contributed by atoms with van der Waals surface area (Å²) in [5.41, 5.74) is 5.71. The Balaban J connectivity index is 1.75. The smallest absolute Gasteiger partial charge is 0.202 e. The van der Waals surface area contributed by atoms with E-state index in [9.17, 15) is 0 Å². The first-order valence-electron chi connectivity index (χ1n) is 5.10. The highest BCUT2D eigenvalue weighted by Gasteiger charge is 2.25. The largest absolute Gasteiger partial charge is 0.360 e. The van der Waals surface area contributed by atoms with Crippen molar-refractivity contribution in [1.29, 1.82) is 0 Å². The number of anilines is 1. The summed E-state index contributed by atoms with van der Waals surface area (Å²) < 4.78 is 4.21. The van der Waals surface area contributed by atoms with Crippen molar-refractivity contribution in [1.82, 2.24) is 9.36 Å². The summed E-state index contributed by atoms with van der Waals surface area (Å²) >= 11 is 1.45. The van der Waals surface area contributed by atoms with E-state index in [2.05, 4.69) is 21.6 Å². The van der Waals surface area contributed by atoms with Gasteiger partial charge >= 0.3 is 0 Å². The Labute approximate surface area is 88.1 Å². The zero-order valence-electron chi connectivity index (χ0n) is 8.36. The topological polar surface area (TPSA) is 63.8 Å². The molecule has 0 spiro atoms. The van der Waals surface area contributed by atoms with E-state index in [0.717, 1.165) is 42.7 Å². The van der Waals surface area contributed by atoms with Gasteiger partial charge in [0.1, 0.15) is 5.82 Å². The van der Waals surface area contributed by atoms with Crippen molar-refractivity contribution < 1.29 is 0 Å². The van der Waals surface area contributed by atoms with Crippen LogP contribution in [0.5, 0.6) is 0 Å². The molecule has 1 fully saturated rings. The number of aryl methyl sites for hydroxylation is 1. The van der Waals surface area contributed by atoms with Crippen molar-refractivity contribution in [2.45, 2.75) is 32.2 Å². The lowest BCUT2D eigenvalue weighted by Crippen LogP contribution is -2.39. The molecule has 0 bridgehead atoms. The van der Waals surface area contributed by atoms with Crippen molar-refractivity contribution >= 4 is 16.7 Å². The monoisotopic (exact) mass is 212 g/mol. The van der Waals surface area contributed by atoms with Gasteiger partial charge in [0.25, 0.3) is 0 Å². The minimum Gasteiger partial charge on any atom is -0.360 e. The molecule has 1 aliphatic carbocycles. The van der Waals surface area contributed by atoms with Crippen LogP contribution in [0.3, 0.4) is 0 Å². The van der Waals surface area contributed by atoms with E-state index in [1.54, 1.807) is 0 Å². The molecule has 5 heteroatoms. The molecule has 1 saturated carbocycles. The predicted molar refractivity (Wildman–Crippen MR) is 58.5 cm³/mol. The quantitative estimate of drug-likeness (QED) is 0.788. The number of hydrogen-bond donors (Lipinski definition) is 2. The predicted octanol–water partition coefficient (Wildman–Crippen LogP) is 1.25. The summed E-state index contributed by atoms with van der Waals surface area (Å²) in [4.78, 5) is 4.34. The highest BCUT2D eigenvalue weighted by molar-refractivity contribution is 7.09. The van der Waals surface area contributed by atoms with Gasteiger partial charge in [-0.3, -0.25) is 0 Å². The molecule has 1 aromatic rings. The van der Waals surface area contributed by atoms with Crippen LogP contribution in [0, 0.1) is 5.92 Å². The fourth-order valence-electron chi connectivity index (χ4n) is 1.65. The van der Waals surface area contributed by atoms with E-state index in [1.807, 2.05) is 0 Å². The number of nitrogens with two attached hydrogens (primary N) is 1. The van der Waals surface area contributed by atoms with Crippen molar-refractivity contribution in [2.24, 2.45) is 11.7 Å². The average Bonchev–Trinajstić information content (AvgIpc) is 2.58. The fraction of sp³-hybridized carbons (Fsp3) is 0.778. The van der Waals surface area contributed by atoms with Crippen LogP contribution in [-0.4, -0.2) is 21.9 Å². The fourth-order valence-corrected chi connectivity index (χ4v) is 2.31. The number of rotatable bonds is 4. The molecule has 2 rings (SSSR count). The number of hydrogen-bond acceptors (Lipinski definition) is 5. The molecule has 78 valence electrons.